The molecule has 0 heterocycles. The number of nitrogens with two attached hydrogens (primary N) is 1. The number of benzene rings is 2. The van der Waals surface area contributed by atoms with Crippen LogP contribution in [0.2, 0.25) is 0 Å². The molecule has 21 heavy (non-hydrogen) atoms. The molecule has 0 saturated carbocycles. The average molecular weight is 347 g/mol. The van der Waals surface area contributed by atoms with Gasteiger partial charge < -0.3 is 10.6 Å². The summed E-state index contributed by atoms with van der Waals surface area (Å²) in [5.41, 5.74) is 8.19. The maximum Gasteiger partial charge on any atom is 0.239 e. The number of nitrogens with zero attached hydrogens (tertiary/aromatic N) is 1. The minimum Gasteiger partial charge on any atom is -0.340 e. The smallest absolute Gasteiger partial charge is 0.239 e. The topological polar surface area (TPSA) is 46.3 Å². The van der Waals surface area contributed by atoms with Gasteiger partial charge in [0.25, 0.3) is 0 Å². The Bertz CT molecular complexity index is 583. The zero-order valence-corrected chi connectivity index (χ0v) is 13.6. The molecule has 0 aliphatic carbocycles. The van der Waals surface area contributed by atoms with Crippen molar-refractivity contribution >= 4 is 21.8 Å². The van der Waals surface area contributed by atoms with Gasteiger partial charge in [0.2, 0.25) is 5.91 Å². The first-order valence-corrected chi connectivity index (χ1v) is 7.64. The molecule has 2 rings (SSSR count). The fourth-order valence-corrected chi connectivity index (χ4v) is 2.44. The van der Waals surface area contributed by atoms with E-state index in [0.717, 1.165) is 15.6 Å². The number of carbonyl (C=O) groups is 1. The molecule has 1 amide bonds. The lowest BCUT2D eigenvalue weighted by Gasteiger charge is -2.21. The zero-order chi connectivity index (χ0) is 15.2. The summed E-state index contributed by atoms with van der Waals surface area (Å²) in [4.78, 5) is 14.0. The highest BCUT2D eigenvalue weighted by atomic mass is 79.9. The normalized spacial score (nSPS) is 12.0. The Labute approximate surface area is 133 Å². The third-order valence-corrected chi connectivity index (χ3v) is 3.85. The number of halogens is 1. The highest BCUT2D eigenvalue weighted by molar-refractivity contribution is 9.10. The number of likely N-dealkylation sites (N-methyl/N-ethyl adjacent to an activating group) is 1. The molecule has 0 bridgehead atoms. The predicted octanol–water partition coefficient (Wildman–Crippen LogP) is 2.98. The molecule has 3 nitrogen and oxygen atoms in total. The molecular formula is C17H19BrN2O. The van der Waals surface area contributed by atoms with E-state index >= 15 is 0 Å². The van der Waals surface area contributed by atoms with Gasteiger partial charge in [0.15, 0.2) is 0 Å². The molecule has 1 unspecified atom stereocenters. The van der Waals surface area contributed by atoms with Crippen molar-refractivity contribution in [2.24, 2.45) is 5.73 Å². The summed E-state index contributed by atoms with van der Waals surface area (Å²) in [5.74, 6) is -0.0400. The molecule has 0 fully saturated rings. The molecule has 0 saturated heterocycles. The summed E-state index contributed by atoms with van der Waals surface area (Å²) in [6.45, 7) is 0.564. The Morgan fingerprint density at radius 1 is 1.10 bits per heavy atom. The van der Waals surface area contributed by atoms with Crippen molar-refractivity contribution < 1.29 is 4.79 Å². The number of hydrogen-bond acceptors (Lipinski definition) is 2. The van der Waals surface area contributed by atoms with E-state index in [9.17, 15) is 4.79 Å². The van der Waals surface area contributed by atoms with Crippen LogP contribution in [0.1, 0.15) is 11.1 Å². The van der Waals surface area contributed by atoms with Crippen LogP contribution >= 0.6 is 15.9 Å². The number of hydrogen-bond donors (Lipinski definition) is 1. The highest BCUT2D eigenvalue weighted by Gasteiger charge is 2.18. The lowest BCUT2D eigenvalue weighted by molar-refractivity contribution is -0.131. The summed E-state index contributed by atoms with van der Waals surface area (Å²) >= 11 is 3.40. The van der Waals surface area contributed by atoms with Gasteiger partial charge in [-0.05, 0) is 29.7 Å². The largest absolute Gasteiger partial charge is 0.340 e. The van der Waals surface area contributed by atoms with Crippen LogP contribution < -0.4 is 5.73 Å². The van der Waals surface area contributed by atoms with Crippen molar-refractivity contribution in [2.75, 3.05) is 7.05 Å². The maximum absolute atomic E-state index is 12.3. The number of amides is 1. The predicted molar refractivity (Wildman–Crippen MR) is 88.7 cm³/mol. The minimum absolute atomic E-state index is 0.0400. The molecule has 2 aromatic carbocycles. The monoisotopic (exact) mass is 346 g/mol. The van der Waals surface area contributed by atoms with Crippen molar-refractivity contribution in [2.45, 2.75) is 19.0 Å². The first-order chi connectivity index (χ1) is 10.1. The van der Waals surface area contributed by atoms with E-state index in [0.29, 0.717) is 13.0 Å². The van der Waals surface area contributed by atoms with Gasteiger partial charge in [-0.25, -0.2) is 0 Å². The number of rotatable bonds is 5. The summed E-state index contributed by atoms with van der Waals surface area (Å²) in [5, 5.41) is 0. The van der Waals surface area contributed by atoms with E-state index < -0.39 is 6.04 Å². The second kappa shape index (κ2) is 7.38. The first kappa shape index (κ1) is 15.7. The van der Waals surface area contributed by atoms with E-state index in [4.69, 9.17) is 5.73 Å². The molecule has 1 atom stereocenters. The van der Waals surface area contributed by atoms with Gasteiger partial charge >= 0.3 is 0 Å². The van der Waals surface area contributed by atoms with Gasteiger partial charge in [-0.2, -0.15) is 0 Å². The summed E-state index contributed by atoms with van der Waals surface area (Å²) in [6.07, 6.45) is 0.560. The molecule has 0 spiro atoms. The van der Waals surface area contributed by atoms with Crippen molar-refractivity contribution in [3.8, 4) is 0 Å². The summed E-state index contributed by atoms with van der Waals surface area (Å²) < 4.78 is 1.03. The fourth-order valence-electron chi connectivity index (χ4n) is 2.18. The van der Waals surface area contributed by atoms with Gasteiger partial charge in [0.05, 0.1) is 6.04 Å². The molecule has 4 heteroatoms. The summed E-state index contributed by atoms with van der Waals surface area (Å²) in [6, 6.07) is 17.3. The van der Waals surface area contributed by atoms with E-state index in [2.05, 4.69) is 15.9 Å². The Balaban J connectivity index is 1.93. The van der Waals surface area contributed by atoms with Crippen LogP contribution in [-0.2, 0) is 17.8 Å². The first-order valence-electron chi connectivity index (χ1n) is 6.85. The SMILES string of the molecule is CN(Cc1ccc(Br)cc1)C(=O)C(N)Cc1ccccc1. The quantitative estimate of drug-likeness (QED) is 0.904. The van der Waals surface area contributed by atoms with E-state index in [1.807, 2.05) is 54.6 Å². The lowest BCUT2D eigenvalue weighted by atomic mass is 10.1. The van der Waals surface area contributed by atoms with E-state index in [1.54, 1.807) is 11.9 Å². The molecule has 0 aromatic heterocycles. The van der Waals surface area contributed by atoms with Crippen LogP contribution in [0, 0.1) is 0 Å². The Morgan fingerprint density at radius 3 is 2.33 bits per heavy atom. The molecule has 0 radical (unpaired) electrons. The van der Waals surface area contributed by atoms with Crippen LogP contribution in [0.25, 0.3) is 0 Å². The lowest BCUT2D eigenvalue weighted by Crippen LogP contribution is -2.42. The van der Waals surface area contributed by atoms with Crippen LogP contribution in [0.3, 0.4) is 0 Å². The van der Waals surface area contributed by atoms with Crippen molar-refractivity contribution in [1.29, 1.82) is 0 Å². The second-order valence-corrected chi connectivity index (χ2v) is 6.03. The van der Waals surface area contributed by atoms with Gasteiger partial charge in [-0.15, -0.1) is 0 Å². The van der Waals surface area contributed by atoms with Crippen LogP contribution in [0.4, 0.5) is 0 Å². The molecule has 0 aliphatic heterocycles. The highest BCUT2D eigenvalue weighted by Crippen LogP contribution is 2.12. The Hall–Kier alpha value is -1.65. The Kier molecular flexibility index (Phi) is 5.53. The van der Waals surface area contributed by atoms with Gasteiger partial charge in [0.1, 0.15) is 0 Å². The molecule has 2 aromatic rings. The van der Waals surface area contributed by atoms with Crippen molar-refractivity contribution in [3.05, 3.63) is 70.2 Å². The molecular weight excluding hydrogens is 328 g/mol. The third kappa shape index (κ3) is 4.69. The van der Waals surface area contributed by atoms with Crippen molar-refractivity contribution in [1.82, 2.24) is 4.90 Å². The second-order valence-electron chi connectivity index (χ2n) is 5.12. The fraction of sp³-hybridized carbons (Fsp3) is 0.235. The average Bonchev–Trinajstić information content (AvgIpc) is 2.49. The van der Waals surface area contributed by atoms with Crippen molar-refractivity contribution in [3.63, 3.8) is 0 Å². The van der Waals surface area contributed by atoms with Crippen LogP contribution in [-0.4, -0.2) is 23.9 Å². The van der Waals surface area contributed by atoms with E-state index in [1.165, 1.54) is 0 Å². The van der Waals surface area contributed by atoms with Gasteiger partial charge in [-0.3, -0.25) is 4.79 Å². The molecule has 0 aliphatic rings. The van der Waals surface area contributed by atoms with Crippen LogP contribution in [0.15, 0.2) is 59.1 Å². The standard InChI is InChI=1S/C17H19BrN2O/c1-20(12-14-7-9-15(18)10-8-14)17(21)16(19)11-13-5-3-2-4-6-13/h2-10,16H,11-12,19H2,1H3. The third-order valence-electron chi connectivity index (χ3n) is 3.32. The Morgan fingerprint density at radius 2 is 1.71 bits per heavy atom. The zero-order valence-electron chi connectivity index (χ0n) is 12.0. The minimum atomic E-state index is -0.507. The number of carbonyl (C=O) groups excluding carboxylic acids is 1. The molecule has 2 N–H and O–H groups in total. The van der Waals surface area contributed by atoms with Gasteiger partial charge in [0, 0.05) is 18.1 Å². The van der Waals surface area contributed by atoms with Gasteiger partial charge in [-0.1, -0.05) is 58.4 Å². The van der Waals surface area contributed by atoms with E-state index in [-0.39, 0.29) is 5.91 Å². The maximum atomic E-state index is 12.3. The van der Waals surface area contributed by atoms with Crippen LogP contribution in [0.5, 0.6) is 0 Å². The molecule has 110 valence electrons. The summed E-state index contributed by atoms with van der Waals surface area (Å²) in [7, 11) is 1.79.